The predicted molar refractivity (Wildman–Crippen MR) is 54.3 cm³/mol. The third-order valence-corrected chi connectivity index (χ3v) is 4.02. The molecule has 1 saturated heterocycles. The topological polar surface area (TPSA) is 57.6 Å². The van der Waals surface area contributed by atoms with Gasteiger partial charge in [0.1, 0.15) is 0 Å². The van der Waals surface area contributed by atoms with Crippen molar-refractivity contribution < 1.29 is 14.7 Å². The van der Waals surface area contributed by atoms with Gasteiger partial charge in [0.25, 0.3) is 0 Å². The molecule has 0 unspecified atom stereocenters. The van der Waals surface area contributed by atoms with E-state index >= 15 is 0 Å². The minimum atomic E-state index is -0.682. The van der Waals surface area contributed by atoms with E-state index in [2.05, 4.69) is 0 Å². The van der Waals surface area contributed by atoms with Gasteiger partial charge >= 0.3 is 5.97 Å². The van der Waals surface area contributed by atoms with Crippen LogP contribution in [0.15, 0.2) is 0 Å². The second-order valence-corrected chi connectivity index (χ2v) is 4.76. The summed E-state index contributed by atoms with van der Waals surface area (Å²) in [6.45, 7) is 2.46. The molecule has 1 heterocycles. The molecule has 15 heavy (non-hydrogen) atoms. The first-order valence-electron chi connectivity index (χ1n) is 5.56. The van der Waals surface area contributed by atoms with Gasteiger partial charge in [-0.3, -0.25) is 9.59 Å². The van der Waals surface area contributed by atoms with E-state index in [9.17, 15) is 9.59 Å². The van der Waals surface area contributed by atoms with Crippen molar-refractivity contribution >= 4 is 11.9 Å². The maximum atomic E-state index is 11.3. The summed E-state index contributed by atoms with van der Waals surface area (Å²) in [7, 11) is 0. The van der Waals surface area contributed by atoms with Crippen LogP contribution in [0.5, 0.6) is 0 Å². The van der Waals surface area contributed by atoms with Crippen LogP contribution >= 0.6 is 0 Å². The molecule has 1 N–H and O–H groups in total. The van der Waals surface area contributed by atoms with Crippen molar-refractivity contribution in [2.24, 2.45) is 5.92 Å². The van der Waals surface area contributed by atoms with E-state index < -0.39 is 5.97 Å². The minimum Gasteiger partial charge on any atom is -0.481 e. The molecule has 1 saturated carbocycles. The normalized spacial score (nSPS) is 35.0. The van der Waals surface area contributed by atoms with E-state index in [1.54, 1.807) is 6.92 Å². The Labute approximate surface area is 89.3 Å². The number of carbonyl (C=O) groups is 2. The number of amides is 1. The van der Waals surface area contributed by atoms with Crippen LogP contribution in [-0.4, -0.2) is 34.0 Å². The van der Waals surface area contributed by atoms with Crippen molar-refractivity contribution in [3.8, 4) is 0 Å². The second-order valence-electron chi connectivity index (χ2n) is 4.76. The maximum Gasteiger partial charge on any atom is 0.306 e. The zero-order valence-electron chi connectivity index (χ0n) is 9.03. The van der Waals surface area contributed by atoms with Crippen molar-refractivity contribution in [1.29, 1.82) is 0 Å². The molecule has 1 aliphatic heterocycles. The van der Waals surface area contributed by atoms with Crippen LogP contribution in [0.4, 0.5) is 0 Å². The zero-order chi connectivity index (χ0) is 11.1. The summed E-state index contributed by atoms with van der Waals surface area (Å²) in [6, 6.07) is 0. The summed E-state index contributed by atoms with van der Waals surface area (Å²) in [5, 5.41) is 8.89. The maximum absolute atomic E-state index is 11.3. The molecule has 1 amide bonds. The standard InChI is InChI=1S/C11H17NO3/c1-8(13)12-7-6-11(12)4-2-9(3-5-11)10(14)15/h9H,2-7H2,1H3,(H,14,15). The van der Waals surface area contributed by atoms with Gasteiger partial charge in [0, 0.05) is 19.0 Å². The molecular formula is C11H17NO3. The Morgan fingerprint density at radius 1 is 1.27 bits per heavy atom. The van der Waals surface area contributed by atoms with Gasteiger partial charge in [-0.1, -0.05) is 0 Å². The molecule has 0 aromatic rings. The molecule has 0 aromatic carbocycles. The average molecular weight is 211 g/mol. The Balaban J connectivity index is 1.98. The van der Waals surface area contributed by atoms with Gasteiger partial charge in [-0.2, -0.15) is 0 Å². The quantitative estimate of drug-likeness (QED) is 0.710. The van der Waals surface area contributed by atoms with Crippen molar-refractivity contribution in [1.82, 2.24) is 4.90 Å². The molecule has 2 rings (SSSR count). The third kappa shape index (κ3) is 1.62. The van der Waals surface area contributed by atoms with Crippen LogP contribution < -0.4 is 0 Å². The first-order valence-corrected chi connectivity index (χ1v) is 5.56. The lowest BCUT2D eigenvalue weighted by Crippen LogP contribution is -2.62. The number of likely N-dealkylation sites (tertiary alicyclic amines) is 1. The smallest absolute Gasteiger partial charge is 0.306 e. The number of hydrogen-bond acceptors (Lipinski definition) is 2. The van der Waals surface area contributed by atoms with Crippen LogP contribution in [0.3, 0.4) is 0 Å². The average Bonchev–Trinajstić information content (AvgIpc) is 2.15. The number of rotatable bonds is 1. The summed E-state index contributed by atoms with van der Waals surface area (Å²) in [6.07, 6.45) is 4.23. The van der Waals surface area contributed by atoms with E-state index in [4.69, 9.17) is 5.11 Å². The molecule has 1 aliphatic carbocycles. The van der Waals surface area contributed by atoms with Crippen molar-refractivity contribution in [2.45, 2.75) is 44.6 Å². The molecule has 0 atom stereocenters. The van der Waals surface area contributed by atoms with Crippen LogP contribution in [0.2, 0.25) is 0 Å². The highest BCUT2D eigenvalue weighted by molar-refractivity contribution is 5.75. The Hall–Kier alpha value is -1.06. The Morgan fingerprint density at radius 2 is 1.87 bits per heavy atom. The monoisotopic (exact) mass is 211 g/mol. The van der Waals surface area contributed by atoms with E-state index in [-0.39, 0.29) is 17.4 Å². The van der Waals surface area contributed by atoms with Crippen molar-refractivity contribution in [3.05, 3.63) is 0 Å². The number of nitrogens with zero attached hydrogens (tertiary/aromatic N) is 1. The summed E-state index contributed by atoms with van der Waals surface area (Å²) in [4.78, 5) is 24.1. The van der Waals surface area contributed by atoms with Crippen LogP contribution in [-0.2, 0) is 9.59 Å². The Bertz CT molecular complexity index is 292. The number of carboxylic acid groups (broad SMARTS) is 1. The lowest BCUT2D eigenvalue weighted by atomic mass is 9.69. The number of hydrogen-bond donors (Lipinski definition) is 1. The molecule has 84 valence electrons. The van der Waals surface area contributed by atoms with Gasteiger partial charge in [-0.25, -0.2) is 0 Å². The van der Waals surface area contributed by atoms with E-state index in [1.165, 1.54) is 0 Å². The fourth-order valence-corrected chi connectivity index (χ4v) is 2.95. The molecule has 0 bridgehead atoms. The first-order chi connectivity index (χ1) is 7.05. The Morgan fingerprint density at radius 3 is 2.20 bits per heavy atom. The van der Waals surface area contributed by atoms with Crippen LogP contribution in [0.25, 0.3) is 0 Å². The van der Waals surface area contributed by atoms with Gasteiger partial charge in [0.05, 0.1) is 5.92 Å². The molecule has 0 aromatic heterocycles. The summed E-state index contributed by atoms with van der Waals surface area (Å²) < 4.78 is 0. The van der Waals surface area contributed by atoms with Crippen molar-refractivity contribution in [2.75, 3.05) is 6.54 Å². The number of carboxylic acids is 1. The molecule has 2 aliphatic rings. The largest absolute Gasteiger partial charge is 0.481 e. The van der Waals surface area contributed by atoms with Crippen LogP contribution in [0, 0.1) is 5.92 Å². The molecule has 4 nitrogen and oxygen atoms in total. The number of carbonyl (C=O) groups excluding carboxylic acids is 1. The minimum absolute atomic E-state index is 0.0256. The zero-order valence-corrected chi connectivity index (χ0v) is 9.03. The highest BCUT2D eigenvalue weighted by Crippen LogP contribution is 2.44. The van der Waals surface area contributed by atoms with Gasteiger partial charge < -0.3 is 10.0 Å². The lowest BCUT2D eigenvalue weighted by Gasteiger charge is -2.55. The predicted octanol–water partition coefficient (Wildman–Crippen LogP) is 1.25. The summed E-state index contributed by atoms with van der Waals surface area (Å²) >= 11 is 0. The van der Waals surface area contributed by atoms with Gasteiger partial charge in [0.15, 0.2) is 0 Å². The summed E-state index contributed by atoms with van der Waals surface area (Å²) in [5.74, 6) is -0.737. The van der Waals surface area contributed by atoms with E-state index in [0.717, 1.165) is 38.6 Å². The highest BCUT2D eigenvalue weighted by Gasteiger charge is 2.48. The molecule has 1 spiro atoms. The fraction of sp³-hybridized carbons (Fsp3) is 0.818. The highest BCUT2D eigenvalue weighted by atomic mass is 16.4. The number of aliphatic carboxylic acids is 1. The van der Waals surface area contributed by atoms with Gasteiger partial charge in [0.2, 0.25) is 5.91 Å². The SMILES string of the molecule is CC(=O)N1CCC12CCC(C(=O)O)CC2. The molecule has 0 radical (unpaired) electrons. The second kappa shape index (κ2) is 3.51. The lowest BCUT2D eigenvalue weighted by molar-refractivity contribution is -0.152. The Kier molecular flexibility index (Phi) is 2.44. The van der Waals surface area contributed by atoms with E-state index in [0.29, 0.717) is 0 Å². The molecule has 2 fully saturated rings. The fourth-order valence-electron chi connectivity index (χ4n) is 2.95. The van der Waals surface area contributed by atoms with Crippen LogP contribution in [0.1, 0.15) is 39.0 Å². The molecular weight excluding hydrogens is 194 g/mol. The molecule has 4 heteroatoms. The van der Waals surface area contributed by atoms with Gasteiger partial charge in [-0.05, 0) is 32.1 Å². The summed E-state index contributed by atoms with van der Waals surface area (Å²) in [5.41, 5.74) is 0.0256. The van der Waals surface area contributed by atoms with E-state index in [1.807, 2.05) is 4.90 Å². The van der Waals surface area contributed by atoms with Gasteiger partial charge in [-0.15, -0.1) is 0 Å². The van der Waals surface area contributed by atoms with Crippen molar-refractivity contribution in [3.63, 3.8) is 0 Å². The first kappa shape index (κ1) is 10.5. The third-order valence-electron chi connectivity index (χ3n) is 4.02.